The number of nitrogens with zero attached hydrogens (tertiary/aromatic N) is 6. The molecule has 0 saturated carbocycles. The zero-order valence-corrected chi connectivity index (χ0v) is 28.7. The number of rotatable bonds is 12. The van der Waals surface area contributed by atoms with E-state index in [0.29, 0.717) is 28.1 Å². The Hall–Kier alpha value is -4.06. The molecule has 3 amide bonds. The molecule has 47 heavy (non-hydrogen) atoms. The molecule has 0 bridgehead atoms. The zero-order chi connectivity index (χ0) is 33.0. The third kappa shape index (κ3) is 6.83. The number of fused-ring (bicyclic) bond motifs is 1. The van der Waals surface area contributed by atoms with Crippen LogP contribution in [0.15, 0.2) is 76.2 Å². The Bertz CT molecular complexity index is 1770. The summed E-state index contributed by atoms with van der Waals surface area (Å²) < 4.78 is 7.86. The van der Waals surface area contributed by atoms with E-state index in [0.717, 1.165) is 11.1 Å². The number of hydrogen-bond donors (Lipinski definition) is 2. The maximum Gasteiger partial charge on any atom is 0.316 e. The monoisotopic (exact) mass is 754 g/mol. The van der Waals surface area contributed by atoms with Crippen molar-refractivity contribution in [2.75, 3.05) is 23.4 Å². The van der Waals surface area contributed by atoms with E-state index in [-0.39, 0.29) is 29.2 Å². The number of hydrogen-bond acceptors (Lipinski definition) is 12. The first-order valence-corrected chi connectivity index (χ1v) is 18.0. The highest BCUT2D eigenvalue weighted by Gasteiger charge is 2.58. The Morgan fingerprint density at radius 2 is 1.87 bits per heavy atom. The molecule has 2 fully saturated rings. The minimum Gasteiger partial charge on any atom is -0.452 e. The number of ether oxygens (including phenoxy) is 1. The summed E-state index contributed by atoms with van der Waals surface area (Å²) in [6.45, 7) is 0.0945. The molecule has 2 aliphatic rings. The molecule has 2 unspecified atom stereocenters. The molecule has 0 spiro atoms. The number of tetrazole rings is 1. The van der Waals surface area contributed by atoms with Crippen LogP contribution in [-0.2, 0) is 31.0 Å². The van der Waals surface area contributed by atoms with Crippen LogP contribution >= 0.6 is 50.8 Å². The summed E-state index contributed by atoms with van der Waals surface area (Å²) in [4.78, 5) is 59.2. The molecule has 2 aliphatic heterocycles. The Balaban J connectivity index is 1.21. The summed E-state index contributed by atoms with van der Waals surface area (Å²) in [5.41, 5.74) is 1.08. The van der Waals surface area contributed by atoms with Gasteiger partial charge in [-0.15, -0.1) is 28.2 Å². The van der Waals surface area contributed by atoms with E-state index < -0.39 is 29.4 Å². The van der Waals surface area contributed by atoms with Crippen molar-refractivity contribution in [2.24, 2.45) is 12.5 Å². The first-order chi connectivity index (χ1) is 22.8. The normalized spacial score (nSPS) is 20.7. The Morgan fingerprint density at radius 3 is 2.49 bits per heavy atom. The lowest BCUT2D eigenvalue weighted by atomic mass is 9.88. The number of thioether (sulfide) groups is 2. The summed E-state index contributed by atoms with van der Waals surface area (Å²) in [6, 6.07) is 18.2. The first kappa shape index (κ1) is 32.9. The molecule has 0 radical (unpaired) electrons. The van der Waals surface area contributed by atoms with Crippen LogP contribution in [-0.4, -0.2) is 83.8 Å². The molecule has 3 atom stereocenters. The highest BCUT2D eigenvalue weighted by atomic mass is 79.9. The van der Waals surface area contributed by atoms with Crippen molar-refractivity contribution in [3.05, 3.63) is 87.8 Å². The largest absolute Gasteiger partial charge is 0.452 e. The molecular formula is C30H27BrN8O5S3. The van der Waals surface area contributed by atoms with Crippen LogP contribution < -0.4 is 10.6 Å². The number of benzene rings is 2. The van der Waals surface area contributed by atoms with E-state index in [9.17, 15) is 19.2 Å². The van der Waals surface area contributed by atoms with Gasteiger partial charge >= 0.3 is 5.97 Å². The van der Waals surface area contributed by atoms with Gasteiger partial charge in [-0.1, -0.05) is 88.4 Å². The number of esters is 1. The Morgan fingerprint density at radius 1 is 1.17 bits per heavy atom. The van der Waals surface area contributed by atoms with Crippen molar-refractivity contribution in [3.63, 3.8) is 0 Å². The van der Waals surface area contributed by atoms with Gasteiger partial charge in [0.15, 0.2) is 11.2 Å². The summed E-state index contributed by atoms with van der Waals surface area (Å²) >= 11 is 7.11. The zero-order valence-electron chi connectivity index (χ0n) is 24.7. The minimum absolute atomic E-state index is 0.0945. The molecule has 17 heteroatoms. The van der Waals surface area contributed by atoms with Crippen molar-refractivity contribution in [2.45, 2.75) is 22.7 Å². The summed E-state index contributed by atoms with van der Waals surface area (Å²) in [5, 5.41) is 19.1. The third-order valence-corrected chi connectivity index (χ3v) is 11.8. The number of aryl methyl sites for hydroxylation is 1. The maximum absolute atomic E-state index is 14.3. The Kier molecular flexibility index (Phi) is 10.0. The number of β-lactam (4-membered cyclic amide) rings is 1. The van der Waals surface area contributed by atoms with Gasteiger partial charge in [0, 0.05) is 30.5 Å². The minimum atomic E-state index is -1.10. The molecule has 2 aromatic carbocycles. The molecule has 4 heterocycles. The molecule has 13 nitrogen and oxygen atoms in total. The average Bonchev–Trinajstić information content (AvgIpc) is 3.74. The van der Waals surface area contributed by atoms with Crippen molar-refractivity contribution in [3.8, 4) is 0 Å². The van der Waals surface area contributed by atoms with Crippen molar-refractivity contribution in [1.29, 1.82) is 0 Å². The van der Waals surface area contributed by atoms with E-state index in [1.807, 2.05) is 60.7 Å². The smallest absolute Gasteiger partial charge is 0.316 e. The first-order valence-electron chi connectivity index (χ1n) is 14.2. The van der Waals surface area contributed by atoms with E-state index >= 15 is 0 Å². The van der Waals surface area contributed by atoms with Gasteiger partial charge in [-0.05, 0) is 26.5 Å². The van der Waals surface area contributed by atoms with Gasteiger partial charge < -0.3 is 20.3 Å². The molecule has 0 aliphatic carbocycles. The predicted octanol–water partition coefficient (Wildman–Crippen LogP) is 3.48. The number of halogens is 1. The number of amides is 3. The number of anilines is 1. The number of aromatic nitrogens is 5. The SMILES string of the molecule is Cn1nnnc1SCC1(C(=O)OC(c2ccccc2)c2ccccc2)CS[C@@H]2C(NC(=O)C(=CBr)c3csc(NC=O)n3)C(=O)N2C1. The van der Waals surface area contributed by atoms with Gasteiger partial charge in [-0.3, -0.25) is 19.2 Å². The van der Waals surface area contributed by atoms with E-state index in [2.05, 4.69) is 47.1 Å². The Labute approximate surface area is 290 Å². The molecule has 6 rings (SSSR count). The highest BCUT2D eigenvalue weighted by molar-refractivity contribution is 9.11. The van der Waals surface area contributed by atoms with Crippen LogP contribution in [0.25, 0.3) is 5.57 Å². The fourth-order valence-electron chi connectivity index (χ4n) is 5.21. The van der Waals surface area contributed by atoms with E-state index in [1.165, 1.54) is 44.5 Å². The lowest BCUT2D eigenvalue weighted by molar-refractivity contribution is -0.164. The molecular weight excluding hydrogens is 728 g/mol. The van der Waals surface area contributed by atoms with Gasteiger partial charge in [0.25, 0.3) is 5.91 Å². The van der Waals surface area contributed by atoms with Gasteiger partial charge in [0.1, 0.15) is 16.8 Å². The van der Waals surface area contributed by atoms with Crippen molar-refractivity contribution >= 4 is 85.7 Å². The molecule has 242 valence electrons. The summed E-state index contributed by atoms with van der Waals surface area (Å²) in [5.74, 6) is -0.671. The summed E-state index contributed by atoms with van der Waals surface area (Å²) in [6.07, 6.45) is -0.156. The van der Waals surface area contributed by atoms with Gasteiger partial charge in [-0.2, -0.15) is 0 Å². The van der Waals surface area contributed by atoms with Gasteiger partial charge in [-0.25, -0.2) is 9.67 Å². The second-order valence-electron chi connectivity index (χ2n) is 10.7. The topological polar surface area (TPSA) is 161 Å². The number of nitrogens with one attached hydrogen (secondary N) is 2. The number of carbonyl (C=O) groups is 4. The van der Waals surface area contributed by atoms with Crippen LogP contribution in [0.1, 0.15) is 22.9 Å². The lowest BCUT2D eigenvalue weighted by Gasteiger charge is -2.54. The van der Waals surface area contributed by atoms with Crippen LogP contribution in [0, 0.1) is 5.41 Å². The standard InChI is InChI=1S/C30H27BrN8O5S3/c1-38-29(35-36-37-38)47-16-30(27(43)44-23(18-8-4-2-5-9-18)19-10-6-3-7-11-19)14-39-25(42)22(26(39)46-15-30)34-24(41)20(12-31)21-13-45-28(33-21)32-17-40/h2-13,17,22-23,26H,14-16H2,1H3,(H,34,41)(H,32,33,40)/t22?,26-,30?/m1/s1. The van der Waals surface area contributed by atoms with Crippen molar-refractivity contribution < 1.29 is 23.9 Å². The second kappa shape index (κ2) is 14.4. The second-order valence-corrected chi connectivity index (χ2v) is 14.1. The van der Waals surface area contributed by atoms with Gasteiger partial charge in [0.05, 0.1) is 11.3 Å². The molecule has 2 aromatic heterocycles. The number of carbonyl (C=O) groups excluding carboxylic acids is 4. The number of thiazole rings is 1. The third-order valence-electron chi connectivity index (χ3n) is 7.67. The summed E-state index contributed by atoms with van der Waals surface area (Å²) in [7, 11) is 1.72. The highest BCUT2D eigenvalue weighted by Crippen LogP contribution is 2.46. The molecule has 2 saturated heterocycles. The van der Waals surface area contributed by atoms with E-state index in [4.69, 9.17) is 4.74 Å². The predicted molar refractivity (Wildman–Crippen MR) is 181 cm³/mol. The quantitative estimate of drug-likeness (QED) is 0.0717. The maximum atomic E-state index is 14.3. The van der Waals surface area contributed by atoms with Crippen LogP contribution in [0.3, 0.4) is 0 Å². The average molecular weight is 756 g/mol. The van der Waals surface area contributed by atoms with E-state index in [1.54, 1.807) is 17.3 Å². The fourth-order valence-corrected chi connectivity index (χ4v) is 9.03. The van der Waals surface area contributed by atoms with Crippen molar-refractivity contribution in [1.82, 2.24) is 35.4 Å². The molecule has 2 N–H and O–H groups in total. The van der Waals surface area contributed by atoms with Crippen LogP contribution in [0.5, 0.6) is 0 Å². The van der Waals surface area contributed by atoms with Gasteiger partial charge in [0.2, 0.25) is 17.5 Å². The lowest BCUT2D eigenvalue weighted by Crippen LogP contribution is -2.74. The van der Waals surface area contributed by atoms with Crippen LogP contribution in [0.4, 0.5) is 5.13 Å². The van der Waals surface area contributed by atoms with Crippen LogP contribution in [0.2, 0.25) is 0 Å². The fraction of sp³-hybridized carbons (Fsp3) is 0.267. The molecule has 4 aromatic rings.